The van der Waals surface area contributed by atoms with Gasteiger partial charge in [0.05, 0.1) is 11.4 Å². The molecule has 5 nitrogen and oxygen atoms in total. The fraction of sp³-hybridized carbons (Fsp3) is 0.280. The van der Waals surface area contributed by atoms with Crippen LogP contribution in [0.1, 0.15) is 46.7 Å². The number of carbonyl (C=O) groups excluding carboxylic acids is 1. The molecule has 0 atom stereocenters. The summed E-state index contributed by atoms with van der Waals surface area (Å²) in [5.74, 6) is -0.462. The molecule has 1 aromatic heterocycles. The normalized spacial score (nSPS) is 11.1. The summed E-state index contributed by atoms with van der Waals surface area (Å²) in [7, 11) is 0. The smallest absolute Gasteiger partial charge is 0.255 e. The molecule has 0 radical (unpaired) electrons. The van der Waals surface area contributed by atoms with Gasteiger partial charge in [0.25, 0.3) is 5.91 Å². The molecule has 5 N–H and O–H groups in total. The second-order valence-corrected chi connectivity index (χ2v) is 8.04. The number of hydrogen-bond acceptors (Lipinski definition) is 4. The van der Waals surface area contributed by atoms with Crippen molar-refractivity contribution in [3.8, 4) is 11.1 Å². The average molecular weight is 421 g/mol. The van der Waals surface area contributed by atoms with E-state index in [4.69, 9.17) is 16.5 Å². The predicted octanol–water partition coefficient (Wildman–Crippen LogP) is 4.56. The summed E-state index contributed by atoms with van der Waals surface area (Å²) in [5.41, 5.74) is 18.0. The first-order valence-corrected chi connectivity index (χ1v) is 10.4. The molecule has 0 aliphatic heterocycles. The summed E-state index contributed by atoms with van der Waals surface area (Å²) in [4.78, 5) is 17.7. The number of hydrogen-bond donors (Lipinski definition) is 3. The molecule has 0 bridgehead atoms. The quantitative estimate of drug-likeness (QED) is 0.522. The number of nitrogens with one attached hydrogen (secondary N) is 1. The van der Waals surface area contributed by atoms with Crippen molar-refractivity contribution >= 4 is 11.6 Å². The van der Waals surface area contributed by atoms with E-state index >= 15 is 0 Å². The Morgan fingerprint density at radius 2 is 1.81 bits per heavy atom. The van der Waals surface area contributed by atoms with Crippen molar-refractivity contribution < 1.29 is 9.18 Å². The number of rotatable bonds is 7. The third-order valence-electron chi connectivity index (χ3n) is 5.17. The highest BCUT2D eigenvalue weighted by atomic mass is 19.1. The third-order valence-corrected chi connectivity index (χ3v) is 5.17. The van der Waals surface area contributed by atoms with Gasteiger partial charge < -0.3 is 16.8 Å². The van der Waals surface area contributed by atoms with Gasteiger partial charge in [0, 0.05) is 29.9 Å². The van der Waals surface area contributed by atoms with Crippen LogP contribution in [0.25, 0.3) is 11.1 Å². The molecule has 3 aromatic rings. The molecule has 31 heavy (non-hydrogen) atoms. The summed E-state index contributed by atoms with van der Waals surface area (Å²) >= 11 is 0. The molecule has 0 aliphatic carbocycles. The Hall–Kier alpha value is -3.09. The number of halogens is 1. The second kappa shape index (κ2) is 9.81. The second-order valence-electron chi connectivity index (χ2n) is 8.04. The molecule has 1 heterocycles. The van der Waals surface area contributed by atoms with E-state index in [1.54, 1.807) is 6.07 Å². The number of carbonyl (C=O) groups is 1. The Morgan fingerprint density at radius 1 is 1.10 bits per heavy atom. The number of anilines is 1. The maximum absolute atomic E-state index is 13.6. The van der Waals surface area contributed by atoms with E-state index in [-0.39, 0.29) is 12.1 Å². The number of aryl methyl sites for hydroxylation is 1. The number of benzene rings is 2. The lowest BCUT2D eigenvalue weighted by molar-refractivity contribution is 0.102. The number of nitrogens with two attached hydrogens (primary N) is 2. The van der Waals surface area contributed by atoms with Gasteiger partial charge in [-0.25, -0.2) is 4.39 Å². The first-order chi connectivity index (χ1) is 14.8. The van der Waals surface area contributed by atoms with Crippen molar-refractivity contribution in [3.63, 3.8) is 0 Å². The zero-order valence-corrected chi connectivity index (χ0v) is 18.2. The molecule has 0 saturated heterocycles. The lowest BCUT2D eigenvalue weighted by atomic mass is 9.92. The van der Waals surface area contributed by atoms with Crippen LogP contribution in [0.4, 0.5) is 10.1 Å². The van der Waals surface area contributed by atoms with Crippen LogP contribution in [-0.4, -0.2) is 10.9 Å². The van der Waals surface area contributed by atoms with Crippen LogP contribution in [0.3, 0.4) is 0 Å². The highest BCUT2D eigenvalue weighted by molar-refractivity contribution is 6.07. The number of aromatic nitrogens is 1. The third kappa shape index (κ3) is 5.16. The zero-order valence-electron chi connectivity index (χ0n) is 18.2. The van der Waals surface area contributed by atoms with Crippen molar-refractivity contribution in [1.82, 2.24) is 4.98 Å². The van der Waals surface area contributed by atoms with E-state index in [1.807, 2.05) is 31.2 Å². The first kappa shape index (κ1) is 22.6. The van der Waals surface area contributed by atoms with Gasteiger partial charge in [-0.1, -0.05) is 44.2 Å². The molecule has 0 aliphatic rings. The lowest BCUT2D eigenvalue weighted by Gasteiger charge is -2.21. The van der Waals surface area contributed by atoms with Gasteiger partial charge >= 0.3 is 0 Å². The first-order valence-electron chi connectivity index (χ1n) is 10.4. The molecule has 1 amide bonds. The van der Waals surface area contributed by atoms with Crippen LogP contribution in [0.5, 0.6) is 0 Å². The minimum Gasteiger partial charge on any atom is -0.326 e. The molecular formula is C25H29FN4O. The highest BCUT2D eigenvalue weighted by Gasteiger charge is 2.21. The molecule has 0 fully saturated rings. The van der Waals surface area contributed by atoms with Crippen LogP contribution in [-0.2, 0) is 19.5 Å². The predicted molar refractivity (Wildman–Crippen MR) is 123 cm³/mol. The monoisotopic (exact) mass is 420 g/mol. The molecule has 0 unspecified atom stereocenters. The minimum atomic E-state index is -0.463. The SMILES string of the molecule is Cc1nc(CC(C)C)c(CN)c(-c2ccc(CN)cc2)c1NC(=O)c1cccc(F)c1. The zero-order chi connectivity index (χ0) is 22.5. The highest BCUT2D eigenvalue weighted by Crippen LogP contribution is 2.36. The fourth-order valence-electron chi connectivity index (χ4n) is 3.67. The van der Waals surface area contributed by atoms with E-state index in [9.17, 15) is 9.18 Å². The Bertz CT molecular complexity index is 1080. The van der Waals surface area contributed by atoms with Gasteiger partial charge in [0.2, 0.25) is 0 Å². The number of nitrogens with zero attached hydrogens (tertiary/aromatic N) is 1. The number of amides is 1. The standard InChI is InChI=1S/C25H29FN4O/c1-15(2)11-22-21(14-28)23(18-9-7-17(13-27)8-10-18)24(16(3)29-22)30-25(31)19-5-4-6-20(26)12-19/h4-10,12,15H,11,13-14,27-28H2,1-3H3,(H,30,31). The summed E-state index contributed by atoms with van der Waals surface area (Å²) in [6.45, 7) is 6.86. The van der Waals surface area contributed by atoms with Gasteiger partial charge in [-0.05, 0) is 54.2 Å². The average Bonchev–Trinajstić information content (AvgIpc) is 2.75. The van der Waals surface area contributed by atoms with Crippen LogP contribution >= 0.6 is 0 Å². The van der Waals surface area contributed by atoms with Crippen LogP contribution in [0.15, 0.2) is 48.5 Å². The largest absolute Gasteiger partial charge is 0.326 e. The molecule has 0 saturated carbocycles. The van der Waals surface area contributed by atoms with Crippen molar-refractivity contribution in [2.24, 2.45) is 17.4 Å². The minimum absolute atomic E-state index is 0.240. The molecule has 2 aromatic carbocycles. The van der Waals surface area contributed by atoms with Gasteiger partial charge in [-0.3, -0.25) is 9.78 Å². The maximum atomic E-state index is 13.6. The van der Waals surface area contributed by atoms with Crippen LogP contribution in [0.2, 0.25) is 0 Å². The van der Waals surface area contributed by atoms with Gasteiger partial charge in [0.15, 0.2) is 0 Å². The molecule has 0 spiro atoms. The van der Waals surface area contributed by atoms with Crippen LogP contribution in [0, 0.1) is 18.7 Å². The van der Waals surface area contributed by atoms with Crippen molar-refractivity contribution in [2.45, 2.75) is 40.3 Å². The van der Waals surface area contributed by atoms with E-state index < -0.39 is 11.7 Å². The Balaban J connectivity index is 2.17. The van der Waals surface area contributed by atoms with Crippen molar-refractivity contribution in [1.29, 1.82) is 0 Å². The van der Waals surface area contributed by atoms with E-state index in [1.165, 1.54) is 18.2 Å². The molecule has 3 rings (SSSR count). The summed E-state index contributed by atoms with van der Waals surface area (Å²) in [6.07, 6.45) is 0.777. The van der Waals surface area contributed by atoms with Gasteiger partial charge in [-0.15, -0.1) is 0 Å². The van der Waals surface area contributed by atoms with E-state index in [2.05, 4.69) is 19.2 Å². The van der Waals surface area contributed by atoms with E-state index in [0.717, 1.165) is 34.4 Å². The molecule has 162 valence electrons. The summed E-state index contributed by atoms with van der Waals surface area (Å²) < 4.78 is 13.6. The van der Waals surface area contributed by atoms with Gasteiger partial charge in [0.1, 0.15) is 5.82 Å². The molecular weight excluding hydrogens is 391 g/mol. The van der Waals surface area contributed by atoms with Crippen LogP contribution < -0.4 is 16.8 Å². The van der Waals surface area contributed by atoms with Gasteiger partial charge in [-0.2, -0.15) is 0 Å². The topological polar surface area (TPSA) is 94.0 Å². The lowest BCUT2D eigenvalue weighted by Crippen LogP contribution is -2.18. The van der Waals surface area contributed by atoms with Crippen molar-refractivity contribution in [3.05, 3.63) is 82.4 Å². The van der Waals surface area contributed by atoms with E-state index in [0.29, 0.717) is 23.8 Å². The Kier molecular flexibility index (Phi) is 7.15. The fourth-order valence-corrected chi connectivity index (χ4v) is 3.67. The summed E-state index contributed by atoms with van der Waals surface area (Å²) in [5, 5.41) is 2.96. The van der Waals surface area contributed by atoms with Crippen molar-refractivity contribution in [2.75, 3.05) is 5.32 Å². The molecule has 6 heteroatoms. The summed E-state index contributed by atoms with van der Waals surface area (Å²) in [6, 6.07) is 13.5. The maximum Gasteiger partial charge on any atom is 0.255 e. The Morgan fingerprint density at radius 3 is 2.39 bits per heavy atom. The Labute approximate surface area is 182 Å². The number of pyridine rings is 1.